The van der Waals surface area contributed by atoms with E-state index in [-0.39, 0.29) is 17.6 Å². The minimum Gasteiger partial charge on any atom is -0.479 e. The Bertz CT molecular complexity index is 925. The average molecular weight is 397 g/mol. The number of hydrogen-bond donors (Lipinski definition) is 1. The molecule has 0 fully saturated rings. The first-order chi connectivity index (χ1) is 13.8. The quantitative estimate of drug-likeness (QED) is 0.761. The van der Waals surface area contributed by atoms with Crippen LogP contribution in [0.3, 0.4) is 0 Å². The highest BCUT2D eigenvalue weighted by Crippen LogP contribution is 2.36. The molecular formula is C22H24FN3O3. The zero-order valence-electron chi connectivity index (χ0n) is 16.7. The molecule has 0 saturated carbocycles. The van der Waals surface area contributed by atoms with Crippen molar-refractivity contribution in [3.05, 3.63) is 59.9 Å². The number of amides is 2. The molecule has 1 heterocycles. The molecule has 1 N–H and O–H groups in total. The Hall–Kier alpha value is -3.19. The summed E-state index contributed by atoms with van der Waals surface area (Å²) >= 11 is 0. The molecule has 1 aliphatic rings. The highest BCUT2D eigenvalue weighted by Gasteiger charge is 2.31. The van der Waals surface area contributed by atoms with E-state index in [0.717, 1.165) is 5.56 Å². The van der Waals surface area contributed by atoms with E-state index in [0.29, 0.717) is 30.2 Å². The van der Waals surface area contributed by atoms with Gasteiger partial charge in [-0.3, -0.25) is 9.59 Å². The number of fused-ring (bicyclic) bond motifs is 1. The summed E-state index contributed by atoms with van der Waals surface area (Å²) in [6.45, 7) is 2.95. The van der Waals surface area contributed by atoms with Crippen LogP contribution < -0.4 is 15.0 Å². The number of benzene rings is 2. The fraction of sp³-hybridized carbons (Fsp3) is 0.273. The number of nitrogens with zero attached hydrogens (tertiary/aromatic N) is 2. The van der Waals surface area contributed by atoms with Gasteiger partial charge in [0, 0.05) is 24.9 Å². The predicted octanol–water partition coefficient (Wildman–Crippen LogP) is 3.15. The van der Waals surface area contributed by atoms with E-state index in [4.69, 9.17) is 4.74 Å². The lowest BCUT2D eigenvalue weighted by Gasteiger charge is -2.34. The molecule has 1 unspecified atom stereocenters. The highest BCUT2D eigenvalue weighted by atomic mass is 19.1. The summed E-state index contributed by atoms with van der Waals surface area (Å²) in [5.41, 5.74) is 1.91. The van der Waals surface area contributed by atoms with Crippen LogP contribution in [-0.2, 0) is 9.59 Å². The summed E-state index contributed by atoms with van der Waals surface area (Å²) in [5.74, 6) is -0.161. The number of carbonyl (C=O) groups excluding carboxylic acids is 2. The second kappa shape index (κ2) is 8.87. The van der Waals surface area contributed by atoms with Crippen molar-refractivity contribution in [2.75, 3.05) is 37.4 Å². The largest absolute Gasteiger partial charge is 0.479 e. The molecule has 1 atom stereocenters. The lowest BCUT2D eigenvalue weighted by molar-refractivity contribution is -0.125. The number of likely N-dealkylation sites (N-methyl/N-ethyl adjacent to an activating group) is 1. The van der Waals surface area contributed by atoms with Gasteiger partial charge in [-0.15, -0.1) is 0 Å². The van der Waals surface area contributed by atoms with Crippen LogP contribution in [0.1, 0.15) is 12.5 Å². The summed E-state index contributed by atoms with van der Waals surface area (Å²) in [6.07, 6.45) is 2.43. The molecule has 3 rings (SSSR count). The molecule has 6 nitrogen and oxygen atoms in total. The lowest BCUT2D eigenvalue weighted by atomic mass is 10.1. The predicted molar refractivity (Wildman–Crippen MR) is 112 cm³/mol. The normalized spacial score (nSPS) is 16.1. The van der Waals surface area contributed by atoms with E-state index in [1.807, 2.05) is 19.0 Å². The number of anilines is 2. The molecule has 0 saturated heterocycles. The first-order valence-electron chi connectivity index (χ1n) is 9.35. The second-order valence-corrected chi connectivity index (χ2v) is 7.11. The van der Waals surface area contributed by atoms with Gasteiger partial charge in [-0.25, -0.2) is 4.39 Å². The smallest absolute Gasteiger partial charge is 0.267 e. The Morgan fingerprint density at radius 1 is 1.24 bits per heavy atom. The minimum absolute atomic E-state index is 0.112. The lowest BCUT2D eigenvalue weighted by Crippen LogP contribution is -2.46. The summed E-state index contributed by atoms with van der Waals surface area (Å²) < 4.78 is 18.6. The third-order valence-corrected chi connectivity index (χ3v) is 4.50. The maximum absolute atomic E-state index is 12.9. The molecule has 1 aliphatic heterocycles. The molecular weight excluding hydrogens is 373 g/mol. The Kier molecular flexibility index (Phi) is 6.29. The number of ether oxygens (including phenoxy) is 1. The van der Waals surface area contributed by atoms with Crippen molar-refractivity contribution < 1.29 is 18.7 Å². The van der Waals surface area contributed by atoms with Crippen LogP contribution in [0.4, 0.5) is 15.8 Å². The summed E-state index contributed by atoms with van der Waals surface area (Å²) in [6, 6.07) is 11.1. The van der Waals surface area contributed by atoms with Crippen molar-refractivity contribution in [2.45, 2.75) is 13.0 Å². The molecule has 0 radical (unpaired) electrons. The van der Waals surface area contributed by atoms with E-state index in [1.54, 1.807) is 48.2 Å². The van der Waals surface area contributed by atoms with Crippen LogP contribution in [0.2, 0.25) is 0 Å². The van der Waals surface area contributed by atoms with Crippen LogP contribution in [0.25, 0.3) is 6.08 Å². The van der Waals surface area contributed by atoms with E-state index in [2.05, 4.69) is 5.32 Å². The number of carbonyl (C=O) groups is 2. The molecule has 0 spiro atoms. The Morgan fingerprint density at radius 2 is 1.97 bits per heavy atom. The monoisotopic (exact) mass is 397 g/mol. The van der Waals surface area contributed by atoms with Gasteiger partial charge in [0.2, 0.25) is 5.91 Å². The van der Waals surface area contributed by atoms with Crippen LogP contribution >= 0.6 is 0 Å². The van der Waals surface area contributed by atoms with Crippen molar-refractivity contribution >= 4 is 29.3 Å². The van der Waals surface area contributed by atoms with Gasteiger partial charge in [0.25, 0.3) is 5.91 Å². The molecule has 7 heteroatoms. The minimum atomic E-state index is -0.552. The van der Waals surface area contributed by atoms with Gasteiger partial charge in [0.1, 0.15) is 11.6 Å². The van der Waals surface area contributed by atoms with Gasteiger partial charge in [-0.1, -0.05) is 12.1 Å². The van der Waals surface area contributed by atoms with Crippen LogP contribution in [0.15, 0.2) is 48.5 Å². The summed E-state index contributed by atoms with van der Waals surface area (Å²) in [4.78, 5) is 28.5. The van der Waals surface area contributed by atoms with Gasteiger partial charge in [-0.2, -0.15) is 0 Å². The first-order valence-corrected chi connectivity index (χ1v) is 9.35. The maximum atomic E-state index is 12.9. The maximum Gasteiger partial charge on any atom is 0.267 e. The fourth-order valence-electron chi connectivity index (χ4n) is 2.95. The van der Waals surface area contributed by atoms with E-state index in [1.165, 1.54) is 18.2 Å². The van der Waals surface area contributed by atoms with Crippen molar-refractivity contribution in [1.82, 2.24) is 4.90 Å². The third kappa shape index (κ3) is 5.20. The standard InChI is InChI=1S/C22H24FN3O3/c1-15-22(28)26(13-12-25(2)3)19-14-18(9-10-20(19)29-15)24-21(27)11-6-16-4-7-17(23)8-5-16/h4-11,14-15H,12-13H2,1-3H3,(H,24,27)/b11-6+. The van der Waals surface area contributed by atoms with Crippen molar-refractivity contribution in [3.8, 4) is 5.75 Å². The van der Waals surface area contributed by atoms with E-state index >= 15 is 0 Å². The number of hydrogen-bond acceptors (Lipinski definition) is 4. The SMILES string of the molecule is CC1Oc2ccc(NC(=O)/C=C/c3ccc(F)cc3)cc2N(CCN(C)C)C1=O. The molecule has 2 amide bonds. The van der Waals surface area contributed by atoms with Crippen molar-refractivity contribution in [2.24, 2.45) is 0 Å². The van der Waals surface area contributed by atoms with E-state index < -0.39 is 6.10 Å². The van der Waals surface area contributed by atoms with Gasteiger partial charge < -0.3 is 19.9 Å². The topological polar surface area (TPSA) is 61.9 Å². The van der Waals surface area contributed by atoms with Crippen LogP contribution in [0.5, 0.6) is 5.75 Å². The Morgan fingerprint density at radius 3 is 2.66 bits per heavy atom. The molecule has 0 aliphatic carbocycles. The van der Waals surface area contributed by atoms with Gasteiger partial charge in [-0.05, 0) is 63.0 Å². The number of nitrogens with one attached hydrogen (secondary N) is 1. The number of halogens is 1. The first kappa shape index (κ1) is 20.5. The number of rotatable bonds is 6. The van der Waals surface area contributed by atoms with Crippen LogP contribution in [0, 0.1) is 5.82 Å². The van der Waals surface area contributed by atoms with Gasteiger partial charge in [0.15, 0.2) is 6.10 Å². The average Bonchev–Trinajstić information content (AvgIpc) is 2.68. The molecule has 0 bridgehead atoms. The van der Waals surface area contributed by atoms with Crippen LogP contribution in [-0.4, -0.2) is 50.0 Å². The molecule has 2 aromatic carbocycles. The van der Waals surface area contributed by atoms with Gasteiger partial charge in [0.05, 0.1) is 5.69 Å². The molecule has 152 valence electrons. The zero-order valence-corrected chi connectivity index (χ0v) is 16.7. The Balaban J connectivity index is 1.75. The summed E-state index contributed by atoms with van der Waals surface area (Å²) in [7, 11) is 3.89. The third-order valence-electron chi connectivity index (χ3n) is 4.50. The highest BCUT2D eigenvalue weighted by molar-refractivity contribution is 6.04. The second-order valence-electron chi connectivity index (χ2n) is 7.11. The van der Waals surface area contributed by atoms with Crippen molar-refractivity contribution in [1.29, 1.82) is 0 Å². The van der Waals surface area contributed by atoms with Crippen molar-refractivity contribution in [3.63, 3.8) is 0 Å². The summed E-state index contributed by atoms with van der Waals surface area (Å²) in [5, 5.41) is 2.78. The molecule has 2 aromatic rings. The van der Waals surface area contributed by atoms with E-state index in [9.17, 15) is 14.0 Å². The molecule has 29 heavy (non-hydrogen) atoms. The zero-order chi connectivity index (χ0) is 21.0. The van der Waals surface area contributed by atoms with Gasteiger partial charge >= 0.3 is 0 Å². The Labute approximate surface area is 169 Å². The molecule has 0 aromatic heterocycles. The fourth-order valence-corrected chi connectivity index (χ4v) is 2.95.